The molecule has 0 bridgehead atoms. The molecule has 3 atom stereocenters. The molecule has 1 N–H and O–H groups in total. The lowest BCUT2D eigenvalue weighted by Gasteiger charge is -2.30. The molecule has 1 saturated carbocycles. The quantitative estimate of drug-likeness (QED) is 0.642. The minimum Gasteiger partial charge on any atom is -0.464 e. The molecule has 5 nitrogen and oxygen atoms in total. The van der Waals surface area contributed by atoms with Gasteiger partial charge in [-0.05, 0) is 65.2 Å². The molecular formula is C17H27NO4. The molecule has 0 aromatic rings. The predicted molar refractivity (Wildman–Crippen MR) is 83.3 cm³/mol. The van der Waals surface area contributed by atoms with Gasteiger partial charge in [0.05, 0.1) is 6.61 Å². The van der Waals surface area contributed by atoms with Crippen LogP contribution in [-0.4, -0.2) is 29.8 Å². The number of fused-ring (bicyclic) bond motifs is 1. The number of hydrogen-bond donors (Lipinski definition) is 1. The Morgan fingerprint density at radius 1 is 1.32 bits per heavy atom. The van der Waals surface area contributed by atoms with E-state index in [9.17, 15) is 9.59 Å². The first-order chi connectivity index (χ1) is 10.3. The summed E-state index contributed by atoms with van der Waals surface area (Å²) in [6.45, 7) is 7.51. The number of esters is 1. The summed E-state index contributed by atoms with van der Waals surface area (Å²) in [6.07, 6.45) is 7.09. The van der Waals surface area contributed by atoms with Gasteiger partial charge in [0.2, 0.25) is 0 Å². The number of ether oxygens (including phenoxy) is 2. The molecule has 5 heteroatoms. The van der Waals surface area contributed by atoms with E-state index in [4.69, 9.17) is 9.47 Å². The Hall–Kier alpha value is -1.52. The second kappa shape index (κ2) is 6.31. The van der Waals surface area contributed by atoms with Crippen molar-refractivity contribution in [2.45, 2.75) is 64.5 Å². The Labute approximate surface area is 132 Å². The highest BCUT2D eigenvalue weighted by atomic mass is 16.6. The molecule has 0 saturated heterocycles. The van der Waals surface area contributed by atoms with Crippen molar-refractivity contribution in [1.82, 2.24) is 5.32 Å². The van der Waals surface area contributed by atoms with Gasteiger partial charge in [-0.1, -0.05) is 12.2 Å². The van der Waals surface area contributed by atoms with Crippen molar-refractivity contribution in [3.63, 3.8) is 0 Å². The van der Waals surface area contributed by atoms with Gasteiger partial charge >= 0.3 is 12.1 Å². The first-order valence-corrected chi connectivity index (χ1v) is 8.11. The van der Waals surface area contributed by atoms with Crippen molar-refractivity contribution in [2.75, 3.05) is 6.61 Å². The van der Waals surface area contributed by atoms with Crippen LogP contribution < -0.4 is 5.32 Å². The third-order valence-electron chi connectivity index (χ3n) is 4.29. The highest BCUT2D eigenvalue weighted by Gasteiger charge is 2.52. The lowest BCUT2D eigenvalue weighted by atomic mass is 9.87. The van der Waals surface area contributed by atoms with Crippen LogP contribution in [0.4, 0.5) is 4.79 Å². The Morgan fingerprint density at radius 3 is 2.64 bits per heavy atom. The zero-order valence-corrected chi connectivity index (χ0v) is 14.0. The smallest absolute Gasteiger partial charge is 0.408 e. The van der Waals surface area contributed by atoms with Crippen LogP contribution in [0.2, 0.25) is 0 Å². The van der Waals surface area contributed by atoms with E-state index in [0.717, 1.165) is 12.8 Å². The number of allylic oxidation sites excluding steroid dienone is 2. The van der Waals surface area contributed by atoms with Crippen molar-refractivity contribution in [3.8, 4) is 0 Å². The Balaban J connectivity index is 2.15. The fraction of sp³-hybridized carbons (Fsp3) is 0.765. The van der Waals surface area contributed by atoms with E-state index in [1.54, 1.807) is 27.7 Å². The van der Waals surface area contributed by atoms with Gasteiger partial charge in [-0.25, -0.2) is 9.59 Å². The second-order valence-electron chi connectivity index (χ2n) is 7.27. The zero-order valence-electron chi connectivity index (χ0n) is 14.0. The average Bonchev–Trinajstić information content (AvgIpc) is 2.75. The fourth-order valence-electron chi connectivity index (χ4n) is 3.46. The molecule has 1 fully saturated rings. The summed E-state index contributed by atoms with van der Waals surface area (Å²) in [5.74, 6) is 0.404. The largest absolute Gasteiger partial charge is 0.464 e. The normalized spacial score (nSPS) is 30.5. The number of carbonyl (C=O) groups is 2. The van der Waals surface area contributed by atoms with Gasteiger partial charge in [0.15, 0.2) is 0 Å². The minimum absolute atomic E-state index is 0.307. The van der Waals surface area contributed by atoms with Gasteiger partial charge in [0.1, 0.15) is 11.1 Å². The molecule has 1 unspecified atom stereocenters. The van der Waals surface area contributed by atoms with Crippen molar-refractivity contribution in [3.05, 3.63) is 12.2 Å². The van der Waals surface area contributed by atoms with Crippen LogP contribution in [0.1, 0.15) is 53.4 Å². The van der Waals surface area contributed by atoms with Crippen LogP contribution in [0.15, 0.2) is 12.2 Å². The van der Waals surface area contributed by atoms with Gasteiger partial charge < -0.3 is 14.8 Å². The van der Waals surface area contributed by atoms with Crippen molar-refractivity contribution in [1.29, 1.82) is 0 Å². The standard InChI is InChI=1S/C17H27NO4/c1-5-21-14(19)17(18-15(20)22-16(2,3)4)10-12-8-6-7-9-13(12)11-17/h6,8,12-13H,5,7,9-11H2,1-4H3,(H,18,20)/t12-,13-,17?/m1/s1. The Bertz CT molecular complexity index is 466. The SMILES string of the molecule is CCOC(=O)C1(NC(=O)OC(C)(C)C)C[C@H]2CCC=C[C@@H]2C1. The maximum atomic E-state index is 12.5. The Morgan fingerprint density at radius 2 is 2.05 bits per heavy atom. The average molecular weight is 309 g/mol. The van der Waals surface area contributed by atoms with E-state index in [2.05, 4.69) is 17.5 Å². The number of carbonyl (C=O) groups excluding carboxylic acids is 2. The van der Waals surface area contributed by atoms with Gasteiger partial charge in [0, 0.05) is 0 Å². The third kappa shape index (κ3) is 3.81. The molecular weight excluding hydrogens is 282 g/mol. The second-order valence-corrected chi connectivity index (χ2v) is 7.27. The molecule has 0 radical (unpaired) electrons. The monoisotopic (exact) mass is 309 g/mol. The minimum atomic E-state index is -0.956. The number of hydrogen-bond acceptors (Lipinski definition) is 4. The Kier molecular flexibility index (Phi) is 4.83. The van der Waals surface area contributed by atoms with Gasteiger partial charge in [-0.15, -0.1) is 0 Å². The molecule has 0 spiro atoms. The van der Waals surface area contributed by atoms with E-state index in [-0.39, 0.29) is 5.97 Å². The first kappa shape index (κ1) is 16.8. The first-order valence-electron chi connectivity index (χ1n) is 8.11. The highest BCUT2D eigenvalue weighted by Crippen LogP contribution is 2.45. The van der Waals surface area contributed by atoms with E-state index in [0.29, 0.717) is 31.3 Å². The van der Waals surface area contributed by atoms with Crippen LogP contribution in [-0.2, 0) is 14.3 Å². The van der Waals surface area contributed by atoms with Crippen LogP contribution in [0.5, 0.6) is 0 Å². The van der Waals surface area contributed by atoms with Crippen molar-refractivity contribution < 1.29 is 19.1 Å². The van der Waals surface area contributed by atoms with Gasteiger partial charge in [0.25, 0.3) is 0 Å². The molecule has 0 aromatic carbocycles. The van der Waals surface area contributed by atoms with Crippen molar-refractivity contribution >= 4 is 12.1 Å². The molecule has 2 aliphatic carbocycles. The third-order valence-corrected chi connectivity index (χ3v) is 4.29. The number of amides is 1. The van der Waals surface area contributed by atoms with Gasteiger partial charge in [-0.2, -0.15) is 0 Å². The molecule has 0 aromatic heterocycles. The lowest BCUT2D eigenvalue weighted by Crippen LogP contribution is -2.55. The summed E-state index contributed by atoms with van der Waals surface area (Å²) in [5, 5.41) is 2.82. The molecule has 22 heavy (non-hydrogen) atoms. The van der Waals surface area contributed by atoms with Crippen LogP contribution in [0.25, 0.3) is 0 Å². The van der Waals surface area contributed by atoms with Crippen LogP contribution >= 0.6 is 0 Å². The number of alkyl carbamates (subject to hydrolysis) is 1. The molecule has 2 rings (SSSR count). The lowest BCUT2D eigenvalue weighted by molar-refractivity contribution is -0.151. The topological polar surface area (TPSA) is 64.6 Å². The van der Waals surface area contributed by atoms with E-state index in [1.807, 2.05) is 0 Å². The van der Waals surface area contributed by atoms with E-state index >= 15 is 0 Å². The van der Waals surface area contributed by atoms with Crippen molar-refractivity contribution in [2.24, 2.45) is 11.8 Å². The summed E-state index contributed by atoms with van der Waals surface area (Å²) in [7, 11) is 0. The van der Waals surface area contributed by atoms with Gasteiger partial charge in [-0.3, -0.25) is 0 Å². The molecule has 2 aliphatic rings. The van der Waals surface area contributed by atoms with E-state index < -0.39 is 17.2 Å². The number of nitrogens with one attached hydrogen (secondary N) is 1. The summed E-state index contributed by atoms with van der Waals surface area (Å²) in [6, 6.07) is 0. The highest BCUT2D eigenvalue weighted by molar-refractivity contribution is 5.86. The molecule has 1 amide bonds. The molecule has 0 heterocycles. The predicted octanol–water partition coefficient (Wildman–Crippen LogP) is 3.19. The fourth-order valence-corrected chi connectivity index (χ4v) is 3.46. The molecule has 0 aliphatic heterocycles. The number of rotatable bonds is 3. The zero-order chi connectivity index (χ0) is 16.4. The van der Waals surface area contributed by atoms with Crippen LogP contribution in [0.3, 0.4) is 0 Å². The van der Waals surface area contributed by atoms with E-state index in [1.165, 1.54) is 0 Å². The summed E-state index contributed by atoms with van der Waals surface area (Å²) in [5.41, 5.74) is -1.55. The maximum absolute atomic E-state index is 12.5. The summed E-state index contributed by atoms with van der Waals surface area (Å²) >= 11 is 0. The summed E-state index contributed by atoms with van der Waals surface area (Å²) in [4.78, 5) is 24.7. The summed E-state index contributed by atoms with van der Waals surface area (Å²) < 4.78 is 10.6. The molecule has 124 valence electrons. The van der Waals surface area contributed by atoms with Crippen LogP contribution in [0, 0.1) is 11.8 Å². The maximum Gasteiger partial charge on any atom is 0.408 e.